The van der Waals surface area contributed by atoms with E-state index in [0.29, 0.717) is 4.90 Å². The minimum Gasteiger partial charge on any atom is -0.323 e. The van der Waals surface area contributed by atoms with Crippen LogP contribution >= 0.6 is 11.8 Å². The van der Waals surface area contributed by atoms with E-state index in [2.05, 4.69) is 0 Å². The number of hydrogen-bond acceptors (Lipinski definition) is 4. The van der Waals surface area contributed by atoms with Gasteiger partial charge >= 0.3 is 0 Å². The van der Waals surface area contributed by atoms with Crippen LogP contribution < -0.4 is 5.73 Å². The predicted molar refractivity (Wildman–Crippen MR) is 64.9 cm³/mol. The first-order valence-electron chi connectivity index (χ1n) is 4.49. The van der Waals surface area contributed by atoms with E-state index in [4.69, 9.17) is 5.73 Å². The summed E-state index contributed by atoms with van der Waals surface area (Å²) in [4.78, 5) is 0.336. The molecule has 0 heterocycles. The quantitative estimate of drug-likeness (QED) is 0.872. The highest BCUT2D eigenvalue weighted by molar-refractivity contribution is 7.98. The van der Waals surface area contributed by atoms with Gasteiger partial charge in [-0.25, -0.2) is 8.42 Å². The maximum Gasteiger partial charge on any atom is 0.175 e. The Balaban J connectivity index is 2.90. The van der Waals surface area contributed by atoms with Gasteiger partial charge in [-0.15, -0.1) is 0 Å². The molecule has 1 atom stereocenters. The summed E-state index contributed by atoms with van der Waals surface area (Å²) in [5.74, 6) is 0.832. The van der Waals surface area contributed by atoms with Crippen LogP contribution in [0, 0.1) is 0 Å². The van der Waals surface area contributed by atoms with Crippen LogP contribution in [-0.2, 0) is 9.84 Å². The molecule has 0 bridgehead atoms. The highest BCUT2D eigenvalue weighted by Crippen LogP contribution is 2.17. The number of sulfone groups is 1. The number of benzene rings is 1. The third kappa shape index (κ3) is 3.52. The van der Waals surface area contributed by atoms with E-state index < -0.39 is 9.84 Å². The van der Waals surface area contributed by atoms with Crippen LogP contribution in [0.15, 0.2) is 29.2 Å². The van der Waals surface area contributed by atoms with Crippen molar-refractivity contribution in [2.45, 2.75) is 10.9 Å². The van der Waals surface area contributed by atoms with E-state index in [-0.39, 0.29) is 6.04 Å². The molecule has 3 nitrogen and oxygen atoms in total. The molecule has 15 heavy (non-hydrogen) atoms. The van der Waals surface area contributed by atoms with Crippen LogP contribution in [0.4, 0.5) is 0 Å². The lowest BCUT2D eigenvalue weighted by molar-refractivity contribution is 0.602. The first-order chi connectivity index (χ1) is 6.95. The Kier molecular flexibility index (Phi) is 4.19. The summed E-state index contributed by atoms with van der Waals surface area (Å²) >= 11 is 1.67. The zero-order valence-electron chi connectivity index (χ0n) is 8.80. The molecule has 1 rings (SSSR count). The SMILES string of the molecule is CSCC(N)c1ccc(S(C)(=O)=O)cc1. The predicted octanol–water partition coefficient (Wildman–Crippen LogP) is 1.45. The largest absolute Gasteiger partial charge is 0.323 e. The lowest BCUT2D eigenvalue weighted by atomic mass is 10.1. The van der Waals surface area contributed by atoms with Gasteiger partial charge in [0.05, 0.1) is 4.90 Å². The number of rotatable bonds is 4. The third-order valence-electron chi connectivity index (χ3n) is 2.08. The fraction of sp³-hybridized carbons (Fsp3) is 0.400. The van der Waals surface area contributed by atoms with Crippen molar-refractivity contribution in [1.29, 1.82) is 0 Å². The fourth-order valence-electron chi connectivity index (χ4n) is 1.24. The van der Waals surface area contributed by atoms with Crippen molar-refractivity contribution in [3.05, 3.63) is 29.8 Å². The van der Waals surface area contributed by atoms with Crippen LogP contribution in [0.3, 0.4) is 0 Å². The normalized spacial score (nSPS) is 13.8. The van der Waals surface area contributed by atoms with E-state index in [0.717, 1.165) is 11.3 Å². The molecule has 0 saturated carbocycles. The lowest BCUT2D eigenvalue weighted by Gasteiger charge is -2.10. The van der Waals surface area contributed by atoms with Gasteiger partial charge in [-0.2, -0.15) is 11.8 Å². The minimum atomic E-state index is -3.10. The van der Waals surface area contributed by atoms with Crippen molar-refractivity contribution >= 4 is 21.6 Å². The van der Waals surface area contributed by atoms with Crippen LogP contribution in [-0.4, -0.2) is 26.7 Å². The standard InChI is InChI=1S/C10H15NO2S2/c1-14-7-10(11)8-3-5-9(6-4-8)15(2,12)13/h3-6,10H,7,11H2,1-2H3. The molecule has 0 amide bonds. The summed E-state index contributed by atoms with van der Waals surface area (Å²) in [7, 11) is -3.10. The van der Waals surface area contributed by atoms with Gasteiger partial charge in [0, 0.05) is 18.1 Å². The third-order valence-corrected chi connectivity index (χ3v) is 3.90. The molecule has 0 aromatic heterocycles. The molecule has 0 fully saturated rings. The summed E-state index contributed by atoms with van der Waals surface area (Å²) in [6.45, 7) is 0. The highest BCUT2D eigenvalue weighted by Gasteiger charge is 2.09. The first kappa shape index (κ1) is 12.5. The molecule has 84 valence electrons. The summed E-state index contributed by atoms with van der Waals surface area (Å²) in [6.07, 6.45) is 3.19. The Labute approximate surface area is 95.0 Å². The smallest absolute Gasteiger partial charge is 0.175 e. The maximum absolute atomic E-state index is 11.2. The second kappa shape index (κ2) is 5.01. The Bertz CT molecular complexity index is 412. The second-order valence-electron chi connectivity index (χ2n) is 3.40. The molecule has 0 aliphatic heterocycles. The van der Waals surface area contributed by atoms with Crippen molar-refractivity contribution < 1.29 is 8.42 Å². The number of nitrogens with two attached hydrogens (primary N) is 1. The molecule has 2 N–H and O–H groups in total. The molecular weight excluding hydrogens is 230 g/mol. The van der Waals surface area contributed by atoms with Gasteiger partial charge in [-0.05, 0) is 24.0 Å². The Morgan fingerprint density at radius 1 is 1.33 bits per heavy atom. The van der Waals surface area contributed by atoms with Crippen molar-refractivity contribution in [1.82, 2.24) is 0 Å². The van der Waals surface area contributed by atoms with Gasteiger partial charge in [-0.3, -0.25) is 0 Å². The molecule has 0 aliphatic rings. The van der Waals surface area contributed by atoms with Gasteiger partial charge < -0.3 is 5.73 Å². The minimum absolute atomic E-state index is 0.0337. The summed E-state index contributed by atoms with van der Waals surface area (Å²) in [5, 5.41) is 0. The van der Waals surface area contributed by atoms with Crippen LogP contribution in [0.2, 0.25) is 0 Å². The zero-order valence-corrected chi connectivity index (χ0v) is 10.4. The van der Waals surface area contributed by atoms with Gasteiger partial charge in [0.1, 0.15) is 0 Å². The summed E-state index contributed by atoms with van der Waals surface area (Å²) in [5.41, 5.74) is 6.86. The highest BCUT2D eigenvalue weighted by atomic mass is 32.2. The Morgan fingerprint density at radius 2 is 1.87 bits per heavy atom. The monoisotopic (exact) mass is 245 g/mol. The fourth-order valence-corrected chi connectivity index (χ4v) is 2.42. The molecule has 0 saturated heterocycles. The average Bonchev–Trinajstić information content (AvgIpc) is 2.17. The van der Waals surface area contributed by atoms with Crippen molar-refractivity contribution in [2.75, 3.05) is 18.3 Å². The molecule has 5 heteroatoms. The van der Waals surface area contributed by atoms with Crippen molar-refractivity contribution in [2.24, 2.45) is 5.73 Å². The molecule has 1 aromatic rings. The van der Waals surface area contributed by atoms with Gasteiger partial charge in [0.25, 0.3) is 0 Å². The molecule has 0 aliphatic carbocycles. The topological polar surface area (TPSA) is 60.2 Å². The van der Waals surface area contributed by atoms with E-state index in [1.165, 1.54) is 6.26 Å². The lowest BCUT2D eigenvalue weighted by Crippen LogP contribution is -2.12. The van der Waals surface area contributed by atoms with Crippen LogP contribution in [0.5, 0.6) is 0 Å². The summed E-state index contributed by atoms with van der Waals surface area (Å²) in [6, 6.07) is 6.72. The maximum atomic E-state index is 11.2. The van der Waals surface area contributed by atoms with Crippen LogP contribution in [0.1, 0.15) is 11.6 Å². The molecular formula is C10H15NO2S2. The second-order valence-corrected chi connectivity index (χ2v) is 6.33. The molecule has 0 radical (unpaired) electrons. The molecule has 1 aromatic carbocycles. The van der Waals surface area contributed by atoms with Gasteiger partial charge in [0.15, 0.2) is 9.84 Å². The van der Waals surface area contributed by atoms with E-state index >= 15 is 0 Å². The van der Waals surface area contributed by atoms with E-state index in [9.17, 15) is 8.42 Å². The van der Waals surface area contributed by atoms with E-state index in [1.807, 2.05) is 6.26 Å². The van der Waals surface area contributed by atoms with Crippen molar-refractivity contribution in [3.8, 4) is 0 Å². The zero-order chi connectivity index (χ0) is 11.5. The van der Waals surface area contributed by atoms with Gasteiger partial charge in [-0.1, -0.05) is 12.1 Å². The summed E-state index contributed by atoms with van der Waals surface area (Å²) < 4.78 is 22.4. The average molecular weight is 245 g/mol. The Hall–Kier alpha value is -0.520. The first-order valence-corrected chi connectivity index (χ1v) is 7.78. The number of hydrogen-bond donors (Lipinski definition) is 1. The Morgan fingerprint density at radius 3 is 2.27 bits per heavy atom. The molecule has 1 unspecified atom stereocenters. The number of thioether (sulfide) groups is 1. The van der Waals surface area contributed by atoms with E-state index in [1.54, 1.807) is 36.0 Å². The van der Waals surface area contributed by atoms with Crippen LogP contribution in [0.25, 0.3) is 0 Å². The van der Waals surface area contributed by atoms with Crippen molar-refractivity contribution in [3.63, 3.8) is 0 Å². The molecule has 0 spiro atoms. The van der Waals surface area contributed by atoms with Gasteiger partial charge in [0.2, 0.25) is 0 Å².